The normalized spacial score (nSPS) is 14.6. The number of rotatable bonds is 4. The van der Waals surface area contributed by atoms with Crippen LogP contribution in [-0.2, 0) is 0 Å². The van der Waals surface area contributed by atoms with Gasteiger partial charge in [0.1, 0.15) is 5.75 Å². The standard InChI is InChI=1S/C13H13ClN2OS/c1-17-12-5-2-8(6-10(12)14)11-7-18-13(16-11)15-9-3-4-9/h2,5-7,9H,3-4H2,1H3,(H,15,16). The average molecular weight is 281 g/mol. The monoisotopic (exact) mass is 280 g/mol. The van der Waals surface area contributed by atoms with Crippen LogP contribution in [0.3, 0.4) is 0 Å². The molecule has 1 heterocycles. The number of nitrogens with one attached hydrogen (secondary N) is 1. The Kier molecular flexibility index (Phi) is 3.14. The summed E-state index contributed by atoms with van der Waals surface area (Å²) in [4.78, 5) is 4.57. The number of halogens is 1. The lowest BCUT2D eigenvalue weighted by Gasteiger charge is -2.04. The van der Waals surface area contributed by atoms with Crippen LogP contribution in [-0.4, -0.2) is 18.1 Å². The lowest BCUT2D eigenvalue weighted by atomic mass is 10.2. The first-order chi connectivity index (χ1) is 8.76. The van der Waals surface area contributed by atoms with E-state index in [2.05, 4.69) is 10.3 Å². The van der Waals surface area contributed by atoms with Crippen LogP contribution in [0.1, 0.15) is 12.8 Å². The molecule has 0 aliphatic heterocycles. The first kappa shape index (κ1) is 11.8. The molecular formula is C13H13ClN2OS. The van der Waals surface area contributed by atoms with Crippen molar-refractivity contribution in [3.63, 3.8) is 0 Å². The summed E-state index contributed by atoms with van der Waals surface area (Å²) >= 11 is 7.75. The molecule has 94 valence electrons. The third-order valence-electron chi connectivity index (χ3n) is 2.86. The third kappa shape index (κ3) is 2.44. The molecule has 1 N–H and O–H groups in total. The Labute approximate surface area is 115 Å². The predicted molar refractivity (Wildman–Crippen MR) is 75.8 cm³/mol. The van der Waals surface area contributed by atoms with Crippen molar-refractivity contribution in [2.75, 3.05) is 12.4 Å². The molecule has 0 bridgehead atoms. The Morgan fingerprint density at radius 3 is 2.94 bits per heavy atom. The van der Waals surface area contributed by atoms with Gasteiger partial charge in [-0.15, -0.1) is 11.3 Å². The van der Waals surface area contributed by atoms with Gasteiger partial charge in [0.25, 0.3) is 0 Å². The van der Waals surface area contributed by atoms with Gasteiger partial charge in [-0.05, 0) is 31.0 Å². The van der Waals surface area contributed by atoms with E-state index in [1.54, 1.807) is 18.4 Å². The van der Waals surface area contributed by atoms with Crippen molar-refractivity contribution < 1.29 is 4.74 Å². The zero-order valence-corrected chi connectivity index (χ0v) is 11.5. The Hall–Kier alpha value is -1.26. The quantitative estimate of drug-likeness (QED) is 0.917. The summed E-state index contributed by atoms with van der Waals surface area (Å²) in [5.74, 6) is 0.687. The van der Waals surface area contributed by atoms with Crippen molar-refractivity contribution >= 4 is 28.1 Å². The molecule has 0 atom stereocenters. The molecular weight excluding hydrogens is 268 g/mol. The molecule has 18 heavy (non-hydrogen) atoms. The van der Waals surface area contributed by atoms with Crippen LogP contribution in [0.5, 0.6) is 5.75 Å². The fourth-order valence-corrected chi connectivity index (χ4v) is 2.76. The molecule has 5 heteroatoms. The minimum absolute atomic E-state index is 0.611. The second-order valence-electron chi connectivity index (χ2n) is 4.31. The zero-order valence-electron chi connectivity index (χ0n) is 9.94. The summed E-state index contributed by atoms with van der Waals surface area (Å²) in [6.45, 7) is 0. The summed E-state index contributed by atoms with van der Waals surface area (Å²) in [5, 5.41) is 7.03. The molecule has 1 aliphatic carbocycles. The van der Waals surface area contributed by atoms with Crippen LogP contribution in [0.15, 0.2) is 23.6 Å². The van der Waals surface area contributed by atoms with Crippen molar-refractivity contribution in [3.05, 3.63) is 28.6 Å². The van der Waals surface area contributed by atoms with Crippen LogP contribution in [0.25, 0.3) is 11.3 Å². The fourth-order valence-electron chi connectivity index (χ4n) is 1.70. The van der Waals surface area contributed by atoms with Crippen molar-refractivity contribution in [1.82, 2.24) is 4.98 Å². The van der Waals surface area contributed by atoms with Crippen LogP contribution in [0, 0.1) is 0 Å². The molecule has 3 rings (SSSR count). The van der Waals surface area contributed by atoms with Gasteiger partial charge >= 0.3 is 0 Å². The maximum atomic E-state index is 6.12. The second-order valence-corrected chi connectivity index (χ2v) is 5.57. The van der Waals surface area contributed by atoms with Crippen LogP contribution in [0.2, 0.25) is 5.02 Å². The second kappa shape index (κ2) is 4.78. The molecule has 3 nitrogen and oxygen atoms in total. The minimum Gasteiger partial charge on any atom is -0.495 e. The molecule has 0 radical (unpaired) electrons. The number of hydrogen-bond acceptors (Lipinski definition) is 4. The van der Waals surface area contributed by atoms with Gasteiger partial charge in [-0.25, -0.2) is 4.98 Å². The zero-order chi connectivity index (χ0) is 12.5. The van der Waals surface area contributed by atoms with Gasteiger partial charge < -0.3 is 10.1 Å². The van der Waals surface area contributed by atoms with E-state index in [-0.39, 0.29) is 0 Å². The smallest absolute Gasteiger partial charge is 0.183 e. The van der Waals surface area contributed by atoms with Gasteiger partial charge in [-0.1, -0.05) is 11.6 Å². The summed E-state index contributed by atoms with van der Waals surface area (Å²) in [6.07, 6.45) is 2.51. The first-order valence-corrected chi connectivity index (χ1v) is 7.08. The van der Waals surface area contributed by atoms with E-state index in [1.165, 1.54) is 12.8 Å². The average Bonchev–Trinajstić information content (AvgIpc) is 3.05. The lowest BCUT2D eigenvalue weighted by molar-refractivity contribution is 0.415. The van der Waals surface area contributed by atoms with E-state index in [0.717, 1.165) is 16.4 Å². The van der Waals surface area contributed by atoms with E-state index in [9.17, 15) is 0 Å². The van der Waals surface area contributed by atoms with Crippen LogP contribution in [0.4, 0.5) is 5.13 Å². The van der Waals surface area contributed by atoms with Gasteiger partial charge in [-0.3, -0.25) is 0 Å². The summed E-state index contributed by atoms with van der Waals surface area (Å²) in [6, 6.07) is 6.35. The van der Waals surface area contributed by atoms with E-state index < -0.39 is 0 Å². The van der Waals surface area contributed by atoms with Crippen molar-refractivity contribution in [1.29, 1.82) is 0 Å². The van der Waals surface area contributed by atoms with Crippen molar-refractivity contribution in [3.8, 4) is 17.0 Å². The highest BCUT2D eigenvalue weighted by Crippen LogP contribution is 2.33. The van der Waals surface area contributed by atoms with E-state index in [0.29, 0.717) is 16.8 Å². The fraction of sp³-hybridized carbons (Fsp3) is 0.308. The highest BCUT2D eigenvalue weighted by Gasteiger charge is 2.22. The van der Waals surface area contributed by atoms with Crippen LogP contribution < -0.4 is 10.1 Å². The molecule has 1 aromatic heterocycles. The van der Waals surface area contributed by atoms with E-state index in [4.69, 9.17) is 16.3 Å². The Balaban J connectivity index is 1.84. The third-order valence-corrected chi connectivity index (χ3v) is 3.93. The molecule has 1 aromatic carbocycles. The van der Waals surface area contributed by atoms with Crippen molar-refractivity contribution in [2.24, 2.45) is 0 Å². The minimum atomic E-state index is 0.611. The Morgan fingerprint density at radius 1 is 1.44 bits per heavy atom. The van der Waals surface area contributed by atoms with E-state index >= 15 is 0 Å². The Morgan fingerprint density at radius 2 is 2.28 bits per heavy atom. The number of aromatic nitrogens is 1. The van der Waals surface area contributed by atoms with Gasteiger partial charge in [-0.2, -0.15) is 0 Å². The number of ether oxygens (including phenoxy) is 1. The van der Waals surface area contributed by atoms with Gasteiger partial charge in [0.15, 0.2) is 5.13 Å². The van der Waals surface area contributed by atoms with Crippen molar-refractivity contribution in [2.45, 2.75) is 18.9 Å². The molecule has 1 fully saturated rings. The number of benzene rings is 1. The molecule has 0 amide bonds. The number of thiazole rings is 1. The summed E-state index contributed by atoms with van der Waals surface area (Å²) < 4.78 is 5.14. The highest BCUT2D eigenvalue weighted by atomic mass is 35.5. The summed E-state index contributed by atoms with van der Waals surface area (Å²) in [7, 11) is 1.61. The lowest BCUT2D eigenvalue weighted by Crippen LogP contribution is -1.99. The maximum Gasteiger partial charge on any atom is 0.183 e. The SMILES string of the molecule is COc1ccc(-c2csc(NC3CC3)n2)cc1Cl. The number of nitrogens with zero attached hydrogens (tertiary/aromatic N) is 1. The highest BCUT2D eigenvalue weighted by molar-refractivity contribution is 7.14. The number of hydrogen-bond donors (Lipinski definition) is 1. The number of methoxy groups -OCH3 is 1. The predicted octanol–water partition coefficient (Wildman–Crippen LogP) is 4.05. The maximum absolute atomic E-state index is 6.12. The number of anilines is 1. The van der Waals surface area contributed by atoms with Gasteiger partial charge in [0.2, 0.25) is 0 Å². The topological polar surface area (TPSA) is 34.1 Å². The molecule has 1 aliphatic rings. The van der Waals surface area contributed by atoms with E-state index in [1.807, 2.05) is 23.6 Å². The largest absolute Gasteiger partial charge is 0.495 e. The van der Waals surface area contributed by atoms with Crippen LogP contribution >= 0.6 is 22.9 Å². The molecule has 1 saturated carbocycles. The Bertz CT molecular complexity index is 566. The molecule has 2 aromatic rings. The first-order valence-electron chi connectivity index (χ1n) is 5.82. The molecule has 0 saturated heterocycles. The summed E-state index contributed by atoms with van der Waals surface area (Å²) in [5.41, 5.74) is 1.97. The molecule has 0 unspecified atom stereocenters. The molecule has 0 spiro atoms. The van der Waals surface area contributed by atoms with Gasteiger partial charge in [0, 0.05) is 17.0 Å². The van der Waals surface area contributed by atoms with Gasteiger partial charge in [0.05, 0.1) is 17.8 Å².